The van der Waals surface area contributed by atoms with Crippen LogP contribution in [0.15, 0.2) is 12.2 Å². The molecule has 1 aliphatic rings. The van der Waals surface area contributed by atoms with Crippen molar-refractivity contribution in [2.45, 2.75) is 30.1 Å². The molecule has 0 spiro atoms. The van der Waals surface area contributed by atoms with E-state index in [1.165, 1.54) is 0 Å². The van der Waals surface area contributed by atoms with Gasteiger partial charge in [0.2, 0.25) is 0 Å². The van der Waals surface area contributed by atoms with Gasteiger partial charge in [0.25, 0.3) is 0 Å². The highest BCUT2D eigenvalue weighted by molar-refractivity contribution is 5.17. The highest BCUT2D eigenvalue weighted by atomic mass is 19.4. The molecular formula is C7H4F8. The normalized spacial score (nSPS) is 37.3. The quantitative estimate of drug-likeness (QED) is 0.450. The van der Waals surface area contributed by atoms with Gasteiger partial charge in [0.15, 0.2) is 12.3 Å². The van der Waals surface area contributed by atoms with Crippen LogP contribution in [0.1, 0.15) is 0 Å². The van der Waals surface area contributed by atoms with Crippen molar-refractivity contribution in [1.82, 2.24) is 0 Å². The molecule has 0 aliphatic heterocycles. The predicted octanol–water partition coefficient (Wildman–Crippen LogP) is 3.14. The summed E-state index contributed by atoms with van der Waals surface area (Å²) in [6.07, 6.45) is -7.97. The molecule has 2 atom stereocenters. The summed E-state index contributed by atoms with van der Waals surface area (Å²) in [6.45, 7) is 0. The molecule has 0 N–H and O–H groups in total. The molecule has 0 radical (unpaired) electrons. The Balaban J connectivity index is 3.31. The maximum absolute atomic E-state index is 12.5. The van der Waals surface area contributed by atoms with Gasteiger partial charge in [-0.15, -0.1) is 0 Å². The van der Waals surface area contributed by atoms with Crippen molar-refractivity contribution >= 4 is 0 Å². The number of allylic oxidation sites excluding steroid dienone is 2. The van der Waals surface area contributed by atoms with Crippen molar-refractivity contribution in [3.05, 3.63) is 12.2 Å². The predicted molar refractivity (Wildman–Crippen MR) is 33.8 cm³/mol. The van der Waals surface area contributed by atoms with Crippen LogP contribution in [0.5, 0.6) is 0 Å². The Morgan fingerprint density at radius 3 is 1.20 bits per heavy atom. The SMILES string of the molecule is FC1C=CC(F)C(F)(F)C(F)(F)C1(F)F. The Bertz CT molecular complexity index is 255. The van der Waals surface area contributed by atoms with Crippen molar-refractivity contribution in [2.24, 2.45) is 0 Å². The fourth-order valence-electron chi connectivity index (χ4n) is 1.01. The largest absolute Gasteiger partial charge is 0.378 e. The highest BCUT2D eigenvalue weighted by Gasteiger charge is 2.77. The van der Waals surface area contributed by atoms with Gasteiger partial charge >= 0.3 is 17.8 Å². The van der Waals surface area contributed by atoms with E-state index in [0.717, 1.165) is 0 Å². The van der Waals surface area contributed by atoms with Crippen molar-refractivity contribution in [2.75, 3.05) is 0 Å². The smallest absolute Gasteiger partial charge is 0.236 e. The summed E-state index contributed by atoms with van der Waals surface area (Å²) in [6, 6.07) is 0. The molecule has 0 aromatic rings. The van der Waals surface area contributed by atoms with Crippen molar-refractivity contribution < 1.29 is 35.1 Å². The van der Waals surface area contributed by atoms with Crippen molar-refractivity contribution in [3.63, 3.8) is 0 Å². The Hall–Kier alpha value is -0.820. The third-order valence-corrected chi connectivity index (χ3v) is 1.98. The van der Waals surface area contributed by atoms with Crippen LogP contribution in [0.3, 0.4) is 0 Å². The lowest BCUT2D eigenvalue weighted by Gasteiger charge is -2.32. The average Bonchev–Trinajstić information content (AvgIpc) is 2.13. The molecule has 0 aromatic heterocycles. The molecule has 15 heavy (non-hydrogen) atoms. The van der Waals surface area contributed by atoms with Gasteiger partial charge in [0.05, 0.1) is 0 Å². The van der Waals surface area contributed by atoms with Gasteiger partial charge in [-0.2, -0.15) is 26.3 Å². The summed E-state index contributed by atoms with van der Waals surface area (Å²) in [4.78, 5) is 0. The van der Waals surface area contributed by atoms with Crippen LogP contribution in [0.4, 0.5) is 35.1 Å². The van der Waals surface area contributed by atoms with Crippen LogP contribution >= 0.6 is 0 Å². The van der Waals surface area contributed by atoms with Gasteiger partial charge in [0, 0.05) is 0 Å². The van der Waals surface area contributed by atoms with E-state index in [1.54, 1.807) is 0 Å². The molecule has 0 nitrogen and oxygen atoms in total. The van der Waals surface area contributed by atoms with Crippen LogP contribution in [0.25, 0.3) is 0 Å². The molecule has 0 amide bonds. The Morgan fingerprint density at radius 1 is 0.667 bits per heavy atom. The number of halogens is 8. The first-order valence-corrected chi connectivity index (χ1v) is 3.65. The molecule has 0 saturated heterocycles. The number of hydrogen-bond donors (Lipinski definition) is 0. The Kier molecular flexibility index (Phi) is 2.52. The van der Waals surface area contributed by atoms with E-state index in [4.69, 9.17) is 0 Å². The van der Waals surface area contributed by atoms with E-state index in [2.05, 4.69) is 0 Å². The van der Waals surface area contributed by atoms with Crippen LogP contribution in [0.2, 0.25) is 0 Å². The Labute approximate surface area is 78.6 Å². The number of rotatable bonds is 0. The second kappa shape index (κ2) is 3.08. The van der Waals surface area contributed by atoms with Gasteiger partial charge in [0.1, 0.15) is 0 Å². The molecule has 88 valence electrons. The minimum atomic E-state index is -6.08. The molecular weight excluding hydrogens is 236 g/mol. The topological polar surface area (TPSA) is 0 Å². The molecule has 8 heteroatoms. The van der Waals surface area contributed by atoms with E-state index in [-0.39, 0.29) is 12.2 Å². The molecule has 0 aromatic carbocycles. The minimum Gasteiger partial charge on any atom is -0.236 e. The van der Waals surface area contributed by atoms with Gasteiger partial charge in [-0.1, -0.05) is 0 Å². The van der Waals surface area contributed by atoms with E-state index in [1.807, 2.05) is 0 Å². The van der Waals surface area contributed by atoms with E-state index < -0.39 is 30.1 Å². The van der Waals surface area contributed by atoms with E-state index >= 15 is 0 Å². The molecule has 1 rings (SSSR count). The second-order valence-corrected chi connectivity index (χ2v) is 3.01. The van der Waals surface area contributed by atoms with Crippen LogP contribution in [-0.2, 0) is 0 Å². The first kappa shape index (κ1) is 12.3. The maximum Gasteiger partial charge on any atom is 0.378 e. The van der Waals surface area contributed by atoms with Crippen LogP contribution in [0, 0.1) is 0 Å². The summed E-state index contributed by atoms with van der Waals surface area (Å²) in [5.74, 6) is -17.4. The molecule has 1 aliphatic carbocycles. The lowest BCUT2D eigenvalue weighted by Crippen LogP contribution is -2.59. The fourth-order valence-corrected chi connectivity index (χ4v) is 1.01. The first-order valence-electron chi connectivity index (χ1n) is 3.65. The lowest BCUT2D eigenvalue weighted by atomic mass is 10.0. The average molecular weight is 240 g/mol. The molecule has 0 saturated carbocycles. The molecule has 0 heterocycles. The van der Waals surface area contributed by atoms with Gasteiger partial charge in [-0.25, -0.2) is 8.78 Å². The Morgan fingerprint density at radius 2 is 0.933 bits per heavy atom. The number of alkyl halides is 8. The summed E-state index contributed by atoms with van der Waals surface area (Å²) < 4.78 is 99.8. The second-order valence-electron chi connectivity index (χ2n) is 3.01. The van der Waals surface area contributed by atoms with Crippen LogP contribution in [-0.4, -0.2) is 30.1 Å². The maximum atomic E-state index is 12.5. The minimum absolute atomic E-state index is 0.334. The molecule has 0 bridgehead atoms. The summed E-state index contributed by atoms with van der Waals surface area (Å²) in [5, 5.41) is 0. The molecule has 2 unspecified atom stereocenters. The number of hydrogen-bond acceptors (Lipinski definition) is 0. The van der Waals surface area contributed by atoms with E-state index in [0.29, 0.717) is 0 Å². The van der Waals surface area contributed by atoms with Gasteiger partial charge < -0.3 is 0 Å². The zero-order chi connectivity index (χ0) is 12.1. The van der Waals surface area contributed by atoms with E-state index in [9.17, 15) is 35.1 Å². The zero-order valence-corrected chi connectivity index (χ0v) is 6.83. The summed E-state index contributed by atoms with van der Waals surface area (Å²) in [5.41, 5.74) is 0. The summed E-state index contributed by atoms with van der Waals surface area (Å²) >= 11 is 0. The van der Waals surface area contributed by atoms with Crippen molar-refractivity contribution in [3.8, 4) is 0 Å². The van der Waals surface area contributed by atoms with Gasteiger partial charge in [-0.05, 0) is 12.2 Å². The summed E-state index contributed by atoms with van der Waals surface area (Å²) in [7, 11) is 0. The highest BCUT2D eigenvalue weighted by Crippen LogP contribution is 2.52. The first-order chi connectivity index (χ1) is 6.55. The molecule has 0 fully saturated rings. The monoisotopic (exact) mass is 240 g/mol. The standard InChI is InChI=1S/C7H4F8/c8-3-1-2-4(9)6(12,13)7(14,15)5(3,10)11/h1-4H. The lowest BCUT2D eigenvalue weighted by molar-refractivity contribution is -0.327. The van der Waals surface area contributed by atoms with Crippen molar-refractivity contribution in [1.29, 1.82) is 0 Å². The van der Waals surface area contributed by atoms with Gasteiger partial charge in [-0.3, -0.25) is 0 Å². The fraction of sp³-hybridized carbons (Fsp3) is 0.714. The zero-order valence-electron chi connectivity index (χ0n) is 6.83. The third-order valence-electron chi connectivity index (χ3n) is 1.98. The van der Waals surface area contributed by atoms with Crippen LogP contribution < -0.4 is 0 Å². The third kappa shape index (κ3) is 1.41.